The van der Waals surface area contributed by atoms with Crippen molar-refractivity contribution >= 4 is 11.3 Å². The number of thiazole rings is 1. The Labute approximate surface area is 123 Å². The third-order valence-corrected chi connectivity index (χ3v) is 3.73. The Morgan fingerprint density at radius 3 is 2.75 bits per heavy atom. The molecule has 0 spiro atoms. The van der Waals surface area contributed by atoms with Crippen LogP contribution in [0.25, 0.3) is 0 Å². The smallest absolute Gasteiger partial charge is 0.0795 e. The summed E-state index contributed by atoms with van der Waals surface area (Å²) in [4.78, 5) is 4.42. The second-order valence-electron chi connectivity index (χ2n) is 4.59. The summed E-state index contributed by atoms with van der Waals surface area (Å²) in [6, 6.07) is 10.3. The van der Waals surface area contributed by atoms with Crippen LogP contribution in [-0.4, -0.2) is 36.5 Å². The lowest BCUT2D eigenvalue weighted by atomic mass is 10.0. The highest BCUT2D eigenvalue weighted by Gasteiger charge is 2.20. The van der Waals surface area contributed by atoms with Crippen molar-refractivity contribution in [2.24, 2.45) is 0 Å². The fourth-order valence-electron chi connectivity index (χ4n) is 2.17. The molecule has 2 rings (SSSR count). The van der Waals surface area contributed by atoms with Crippen molar-refractivity contribution in [1.82, 2.24) is 10.3 Å². The van der Waals surface area contributed by atoms with E-state index in [0.29, 0.717) is 13.0 Å². The van der Waals surface area contributed by atoms with E-state index in [9.17, 15) is 0 Å². The van der Waals surface area contributed by atoms with E-state index in [1.165, 1.54) is 0 Å². The molecule has 0 aliphatic rings. The van der Waals surface area contributed by atoms with Crippen LogP contribution in [0.3, 0.4) is 0 Å². The van der Waals surface area contributed by atoms with E-state index < -0.39 is 0 Å². The Morgan fingerprint density at radius 2 is 2.15 bits per heavy atom. The molecule has 5 heteroatoms. The first-order valence-electron chi connectivity index (χ1n) is 6.64. The molecule has 2 atom stereocenters. The fraction of sp³-hybridized carbons (Fsp3) is 0.400. The van der Waals surface area contributed by atoms with Gasteiger partial charge in [0.15, 0.2) is 0 Å². The maximum absolute atomic E-state index is 9.17. The van der Waals surface area contributed by atoms with Crippen LogP contribution in [0.2, 0.25) is 0 Å². The SMILES string of the molecule is COCC(CCO)NC(c1ccccc1)c1cscn1. The summed E-state index contributed by atoms with van der Waals surface area (Å²) in [6.07, 6.45) is 0.654. The van der Waals surface area contributed by atoms with E-state index >= 15 is 0 Å². The molecule has 0 bridgehead atoms. The molecule has 0 aliphatic heterocycles. The van der Waals surface area contributed by atoms with Crippen molar-refractivity contribution in [2.75, 3.05) is 20.3 Å². The summed E-state index contributed by atoms with van der Waals surface area (Å²) in [5.74, 6) is 0. The van der Waals surface area contributed by atoms with Crippen LogP contribution in [-0.2, 0) is 4.74 Å². The molecule has 4 nitrogen and oxygen atoms in total. The first-order chi connectivity index (χ1) is 9.85. The molecule has 1 aromatic heterocycles. The fourth-order valence-corrected chi connectivity index (χ4v) is 2.75. The number of aliphatic hydroxyl groups excluding tert-OH is 1. The van der Waals surface area contributed by atoms with Gasteiger partial charge < -0.3 is 9.84 Å². The second kappa shape index (κ2) is 8.11. The first-order valence-corrected chi connectivity index (χ1v) is 7.58. The Hall–Kier alpha value is -1.27. The molecule has 2 unspecified atom stereocenters. The number of rotatable bonds is 8. The topological polar surface area (TPSA) is 54.4 Å². The molecule has 0 saturated carbocycles. The Morgan fingerprint density at radius 1 is 1.35 bits per heavy atom. The van der Waals surface area contributed by atoms with Crippen molar-refractivity contribution < 1.29 is 9.84 Å². The van der Waals surface area contributed by atoms with Crippen molar-refractivity contribution in [2.45, 2.75) is 18.5 Å². The van der Waals surface area contributed by atoms with Gasteiger partial charge in [-0.05, 0) is 12.0 Å². The first kappa shape index (κ1) is 15.1. The zero-order valence-corrected chi connectivity index (χ0v) is 12.3. The van der Waals surface area contributed by atoms with Crippen LogP contribution >= 0.6 is 11.3 Å². The van der Waals surface area contributed by atoms with Gasteiger partial charge in [0.25, 0.3) is 0 Å². The van der Waals surface area contributed by atoms with Crippen molar-refractivity contribution in [1.29, 1.82) is 0 Å². The molecule has 1 heterocycles. The standard InChI is InChI=1S/C15H20N2O2S/c1-19-9-13(7-8-18)17-15(14-10-20-11-16-14)12-5-3-2-4-6-12/h2-6,10-11,13,15,17-18H,7-9H2,1H3. The monoisotopic (exact) mass is 292 g/mol. The molecular formula is C15H20N2O2S. The highest BCUT2D eigenvalue weighted by Crippen LogP contribution is 2.22. The highest BCUT2D eigenvalue weighted by molar-refractivity contribution is 7.07. The van der Waals surface area contributed by atoms with Crippen molar-refractivity contribution in [3.63, 3.8) is 0 Å². The molecule has 20 heavy (non-hydrogen) atoms. The number of methoxy groups -OCH3 is 1. The average molecular weight is 292 g/mol. The Balaban J connectivity index is 2.19. The maximum atomic E-state index is 9.17. The van der Waals surface area contributed by atoms with E-state index in [-0.39, 0.29) is 18.7 Å². The minimum absolute atomic E-state index is 0.0224. The number of benzene rings is 1. The van der Waals surface area contributed by atoms with E-state index in [1.807, 2.05) is 29.1 Å². The van der Waals surface area contributed by atoms with E-state index in [2.05, 4.69) is 22.4 Å². The van der Waals surface area contributed by atoms with Crippen molar-refractivity contribution in [3.8, 4) is 0 Å². The number of aromatic nitrogens is 1. The lowest BCUT2D eigenvalue weighted by Crippen LogP contribution is -2.37. The zero-order chi connectivity index (χ0) is 14.2. The average Bonchev–Trinajstić information content (AvgIpc) is 3.00. The molecule has 0 fully saturated rings. The molecule has 0 radical (unpaired) electrons. The van der Waals surface area contributed by atoms with Gasteiger partial charge in [0.1, 0.15) is 0 Å². The quantitative estimate of drug-likeness (QED) is 0.783. The van der Waals surface area contributed by atoms with Gasteiger partial charge in [-0.25, -0.2) is 4.98 Å². The molecule has 2 N–H and O–H groups in total. The van der Waals surface area contributed by atoms with Gasteiger partial charge >= 0.3 is 0 Å². The summed E-state index contributed by atoms with van der Waals surface area (Å²) in [5.41, 5.74) is 4.00. The van der Waals surface area contributed by atoms with Crippen molar-refractivity contribution in [3.05, 3.63) is 52.5 Å². The lowest BCUT2D eigenvalue weighted by molar-refractivity contribution is 0.144. The van der Waals surface area contributed by atoms with E-state index in [1.54, 1.807) is 18.4 Å². The molecular weight excluding hydrogens is 272 g/mol. The van der Waals surface area contributed by atoms with Gasteiger partial charge in [0, 0.05) is 25.1 Å². The maximum Gasteiger partial charge on any atom is 0.0795 e. The lowest BCUT2D eigenvalue weighted by Gasteiger charge is -2.24. The third kappa shape index (κ3) is 4.11. The predicted octanol–water partition coefficient (Wildman–Crippen LogP) is 2.22. The summed E-state index contributed by atoms with van der Waals surface area (Å²) in [6.45, 7) is 0.702. The van der Waals surface area contributed by atoms with Crippen LogP contribution in [0.15, 0.2) is 41.2 Å². The number of aliphatic hydroxyl groups is 1. The van der Waals surface area contributed by atoms with E-state index in [0.717, 1.165) is 11.3 Å². The van der Waals surface area contributed by atoms with Gasteiger partial charge in [-0.3, -0.25) is 5.32 Å². The summed E-state index contributed by atoms with van der Waals surface area (Å²) >= 11 is 1.58. The Bertz CT molecular complexity index is 470. The summed E-state index contributed by atoms with van der Waals surface area (Å²) < 4.78 is 5.22. The van der Waals surface area contributed by atoms with Gasteiger partial charge in [0.2, 0.25) is 0 Å². The minimum atomic E-state index is 0.0224. The Kier molecular flexibility index (Phi) is 6.14. The minimum Gasteiger partial charge on any atom is -0.396 e. The molecule has 0 amide bonds. The van der Waals surface area contributed by atoms with Gasteiger partial charge in [-0.15, -0.1) is 11.3 Å². The highest BCUT2D eigenvalue weighted by atomic mass is 32.1. The number of hydrogen-bond acceptors (Lipinski definition) is 5. The number of nitrogens with one attached hydrogen (secondary N) is 1. The zero-order valence-electron chi connectivity index (χ0n) is 11.5. The second-order valence-corrected chi connectivity index (χ2v) is 5.31. The van der Waals surface area contributed by atoms with Crippen LogP contribution in [0.5, 0.6) is 0 Å². The number of nitrogens with zero attached hydrogens (tertiary/aromatic N) is 1. The summed E-state index contributed by atoms with van der Waals surface area (Å²) in [7, 11) is 1.67. The molecule has 108 valence electrons. The van der Waals surface area contributed by atoms with Crippen LogP contribution in [0.1, 0.15) is 23.7 Å². The van der Waals surface area contributed by atoms with Gasteiger partial charge in [-0.1, -0.05) is 30.3 Å². The molecule has 2 aromatic rings. The third-order valence-electron chi connectivity index (χ3n) is 3.13. The molecule has 0 saturated heterocycles. The molecule has 0 aliphatic carbocycles. The number of hydrogen-bond donors (Lipinski definition) is 2. The molecule has 1 aromatic carbocycles. The van der Waals surface area contributed by atoms with Gasteiger partial charge in [0.05, 0.1) is 23.9 Å². The van der Waals surface area contributed by atoms with Gasteiger partial charge in [-0.2, -0.15) is 0 Å². The normalized spacial score (nSPS) is 14.1. The van der Waals surface area contributed by atoms with Crippen LogP contribution in [0, 0.1) is 0 Å². The summed E-state index contributed by atoms with van der Waals surface area (Å²) in [5, 5.41) is 14.8. The van der Waals surface area contributed by atoms with E-state index in [4.69, 9.17) is 9.84 Å². The largest absolute Gasteiger partial charge is 0.396 e. The number of ether oxygens (including phenoxy) is 1. The van der Waals surface area contributed by atoms with Crippen LogP contribution < -0.4 is 5.32 Å². The predicted molar refractivity (Wildman–Crippen MR) is 80.9 cm³/mol. The van der Waals surface area contributed by atoms with Crippen LogP contribution in [0.4, 0.5) is 0 Å².